The van der Waals surface area contributed by atoms with Crippen LogP contribution in [-0.4, -0.2) is 21.9 Å². The van der Waals surface area contributed by atoms with Gasteiger partial charge in [-0.3, -0.25) is 4.79 Å². The number of amides is 1. The van der Waals surface area contributed by atoms with Crippen molar-refractivity contribution in [1.29, 1.82) is 0 Å². The smallest absolute Gasteiger partial charge is 0.241 e. The first-order valence-corrected chi connectivity index (χ1v) is 8.99. The Kier molecular flexibility index (Phi) is 5.03. The van der Waals surface area contributed by atoms with Crippen molar-refractivity contribution in [2.45, 2.75) is 12.5 Å². The van der Waals surface area contributed by atoms with E-state index in [0.29, 0.717) is 12.2 Å². The number of aromatic nitrogens is 2. The Hall–Kier alpha value is -3.64. The molecule has 0 radical (unpaired) electrons. The number of rotatable bonds is 6. The summed E-state index contributed by atoms with van der Waals surface area (Å²) in [4.78, 5) is 19.6. The molecule has 0 fully saturated rings. The van der Waals surface area contributed by atoms with Gasteiger partial charge >= 0.3 is 0 Å². The normalized spacial score (nSPS) is 11.9. The van der Waals surface area contributed by atoms with E-state index >= 15 is 0 Å². The van der Waals surface area contributed by atoms with E-state index in [-0.39, 0.29) is 5.91 Å². The zero-order chi connectivity index (χ0) is 19.3. The summed E-state index contributed by atoms with van der Waals surface area (Å²) in [6, 6.07) is 20.0. The maximum absolute atomic E-state index is 12.3. The first-order chi connectivity index (χ1) is 13.7. The van der Waals surface area contributed by atoms with E-state index < -0.39 is 6.04 Å². The average molecular weight is 372 g/mol. The molecule has 0 bridgehead atoms. The third-order valence-corrected chi connectivity index (χ3v) is 4.41. The van der Waals surface area contributed by atoms with Crippen molar-refractivity contribution in [1.82, 2.24) is 9.97 Å². The van der Waals surface area contributed by atoms with Gasteiger partial charge in [0.15, 0.2) is 0 Å². The molecule has 2 aromatic heterocycles. The fourth-order valence-electron chi connectivity index (χ4n) is 2.95. The molecule has 2 aromatic carbocycles. The van der Waals surface area contributed by atoms with Gasteiger partial charge in [-0.1, -0.05) is 30.3 Å². The van der Waals surface area contributed by atoms with Crippen LogP contribution < -0.4 is 15.8 Å². The number of nitrogens with zero attached hydrogens (tertiary/aromatic N) is 1. The van der Waals surface area contributed by atoms with E-state index in [1.54, 1.807) is 6.20 Å². The zero-order valence-corrected chi connectivity index (χ0v) is 15.1. The van der Waals surface area contributed by atoms with Crippen LogP contribution in [0.15, 0.2) is 79.1 Å². The van der Waals surface area contributed by atoms with Crippen LogP contribution >= 0.6 is 0 Å². The highest BCUT2D eigenvalue weighted by molar-refractivity contribution is 5.94. The first kappa shape index (κ1) is 17.8. The van der Waals surface area contributed by atoms with E-state index in [9.17, 15) is 4.79 Å². The van der Waals surface area contributed by atoms with Crippen molar-refractivity contribution in [3.63, 3.8) is 0 Å². The number of para-hydroxylation sites is 1. The van der Waals surface area contributed by atoms with Crippen LogP contribution in [0.1, 0.15) is 5.56 Å². The number of pyridine rings is 1. The number of fused-ring (bicyclic) bond motifs is 1. The van der Waals surface area contributed by atoms with Crippen LogP contribution in [0.4, 0.5) is 5.69 Å². The number of hydrogen-bond acceptors (Lipinski definition) is 4. The second-order valence-corrected chi connectivity index (χ2v) is 6.46. The van der Waals surface area contributed by atoms with Gasteiger partial charge in [0.1, 0.15) is 17.1 Å². The predicted octanol–water partition coefficient (Wildman–Crippen LogP) is 3.86. The lowest BCUT2D eigenvalue weighted by atomic mass is 10.1. The van der Waals surface area contributed by atoms with Gasteiger partial charge in [0.2, 0.25) is 5.91 Å². The summed E-state index contributed by atoms with van der Waals surface area (Å²) in [5.74, 6) is 1.23. The molecule has 6 nitrogen and oxygen atoms in total. The van der Waals surface area contributed by atoms with Crippen LogP contribution in [-0.2, 0) is 11.2 Å². The molecule has 4 N–H and O–H groups in total. The maximum Gasteiger partial charge on any atom is 0.241 e. The molecule has 0 saturated heterocycles. The van der Waals surface area contributed by atoms with E-state index in [4.69, 9.17) is 10.5 Å². The quantitative estimate of drug-likeness (QED) is 0.479. The summed E-state index contributed by atoms with van der Waals surface area (Å²) >= 11 is 0. The fourth-order valence-corrected chi connectivity index (χ4v) is 2.95. The highest BCUT2D eigenvalue weighted by Gasteiger charge is 2.14. The molecule has 28 heavy (non-hydrogen) atoms. The molecule has 0 unspecified atom stereocenters. The van der Waals surface area contributed by atoms with Crippen molar-refractivity contribution in [3.8, 4) is 11.5 Å². The van der Waals surface area contributed by atoms with Crippen molar-refractivity contribution >= 4 is 22.6 Å². The standard InChI is InChI=1S/C22H20N4O2/c23-19(22(27)26-16-4-2-1-3-5-16)14-15-6-8-17(9-7-15)28-20-11-13-25-21-18(20)10-12-24-21/h1-13,19H,14,23H2,(H,24,25)(H,26,27)/t19-/m1/s1. The molecule has 0 spiro atoms. The number of carbonyl (C=O) groups is 1. The Morgan fingerprint density at radius 3 is 2.64 bits per heavy atom. The number of hydrogen-bond donors (Lipinski definition) is 3. The monoisotopic (exact) mass is 372 g/mol. The van der Waals surface area contributed by atoms with Crippen LogP contribution in [0.25, 0.3) is 11.0 Å². The van der Waals surface area contributed by atoms with Crippen LogP contribution in [0.3, 0.4) is 0 Å². The van der Waals surface area contributed by atoms with Gasteiger partial charge in [0.25, 0.3) is 0 Å². The van der Waals surface area contributed by atoms with Gasteiger partial charge in [-0.05, 0) is 48.4 Å². The van der Waals surface area contributed by atoms with Gasteiger partial charge in [0, 0.05) is 18.1 Å². The summed E-state index contributed by atoms with van der Waals surface area (Å²) < 4.78 is 5.97. The van der Waals surface area contributed by atoms with Crippen LogP contribution in [0.5, 0.6) is 11.5 Å². The molecule has 0 aliphatic carbocycles. The number of anilines is 1. The molecule has 140 valence electrons. The molecule has 0 saturated carbocycles. The molecular formula is C22H20N4O2. The van der Waals surface area contributed by atoms with Crippen LogP contribution in [0.2, 0.25) is 0 Å². The largest absolute Gasteiger partial charge is 0.457 e. The van der Waals surface area contributed by atoms with Gasteiger partial charge < -0.3 is 20.8 Å². The Morgan fingerprint density at radius 2 is 1.86 bits per heavy atom. The zero-order valence-electron chi connectivity index (χ0n) is 15.1. The minimum absolute atomic E-state index is 0.210. The van der Waals surface area contributed by atoms with E-state index in [1.807, 2.05) is 72.9 Å². The number of benzene rings is 2. The van der Waals surface area contributed by atoms with Crippen molar-refractivity contribution < 1.29 is 9.53 Å². The number of nitrogens with two attached hydrogens (primary N) is 1. The van der Waals surface area contributed by atoms with Crippen molar-refractivity contribution in [3.05, 3.63) is 84.7 Å². The summed E-state index contributed by atoms with van der Waals surface area (Å²) in [6.07, 6.45) is 3.97. The highest BCUT2D eigenvalue weighted by atomic mass is 16.5. The topological polar surface area (TPSA) is 93.0 Å². The number of carbonyl (C=O) groups excluding carboxylic acids is 1. The second kappa shape index (κ2) is 7.94. The molecule has 1 amide bonds. The molecule has 0 aliphatic heterocycles. The minimum Gasteiger partial charge on any atom is -0.457 e. The lowest BCUT2D eigenvalue weighted by Gasteiger charge is -2.13. The maximum atomic E-state index is 12.3. The SMILES string of the molecule is N[C@H](Cc1ccc(Oc2ccnc3[nH]ccc23)cc1)C(=O)Nc1ccccc1. The average Bonchev–Trinajstić information content (AvgIpc) is 3.20. The highest BCUT2D eigenvalue weighted by Crippen LogP contribution is 2.28. The Bertz CT molecular complexity index is 1070. The van der Waals surface area contributed by atoms with Crippen LogP contribution in [0, 0.1) is 0 Å². The Labute approximate surface area is 162 Å². The Balaban J connectivity index is 1.39. The molecule has 1 atom stereocenters. The van der Waals surface area contributed by atoms with Crippen molar-refractivity contribution in [2.75, 3.05) is 5.32 Å². The molecule has 6 heteroatoms. The van der Waals surface area contributed by atoms with E-state index in [2.05, 4.69) is 15.3 Å². The van der Waals surface area contributed by atoms with Crippen molar-refractivity contribution in [2.24, 2.45) is 5.73 Å². The fraction of sp³-hybridized carbons (Fsp3) is 0.0909. The van der Waals surface area contributed by atoms with Gasteiger partial charge in [-0.15, -0.1) is 0 Å². The van der Waals surface area contributed by atoms with Gasteiger partial charge in [-0.25, -0.2) is 4.98 Å². The van der Waals surface area contributed by atoms with E-state index in [1.165, 1.54) is 0 Å². The molecule has 4 aromatic rings. The Morgan fingerprint density at radius 1 is 1.07 bits per heavy atom. The lowest BCUT2D eigenvalue weighted by Crippen LogP contribution is -2.37. The minimum atomic E-state index is -0.633. The van der Waals surface area contributed by atoms with Gasteiger partial charge in [0.05, 0.1) is 11.4 Å². The number of ether oxygens (including phenoxy) is 1. The van der Waals surface area contributed by atoms with E-state index in [0.717, 1.165) is 28.0 Å². The molecular weight excluding hydrogens is 352 g/mol. The van der Waals surface area contributed by atoms with Gasteiger partial charge in [-0.2, -0.15) is 0 Å². The first-order valence-electron chi connectivity index (χ1n) is 8.99. The molecule has 4 rings (SSSR count). The third kappa shape index (κ3) is 4.02. The number of H-pyrrole nitrogens is 1. The third-order valence-electron chi connectivity index (χ3n) is 4.41. The molecule has 2 heterocycles. The summed E-state index contributed by atoms with van der Waals surface area (Å²) in [5, 5.41) is 3.75. The summed E-state index contributed by atoms with van der Waals surface area (Å²) in [7, 11) is 0. The lowest BCUT2D eigenvalue weighted by molar-refractivity contribution is -0.117. The second-order valence-electron chi connectivity index (χ2n) is 6.46. The molecule has 0 aliphatic rings. The summed E-state index contributed by atoms with van der Waals surface area (Å²) in [6.45, 7) is 0. The number of aromatic amines is 1. The predicted molar refractivity (Wildman–Crippen MR) is 109 cm³/mol. The summed E-state index contributed by atoms with van der Waals surface area (Å²) in [5.41, 5.74) is 8.54. The number of nitrogens with one attached hydrogen (secondary N) is 2.